The van der Waals surface area contributed by atoms with Crippen LogP contribution in [0, 0.1) is 52.8 Å². The molecule has 0 aromatic heterocycles. The third-order valence-corrected chi connectivity index (χ3v) is 7.88. The standard InChI is InChI=1S/C17H26O2/c1-8-9(2)12-6-11(8)14-10-5-13(15(12)14)17(3,7-10)16(18)19-4/h8-15H,5-7H2,1-4H3. The lowest BCUT2D eigenvalue weighted by Crippen LogP contribution is -2.46. The summed E-state index contributed by atoms with van der Waals surface area (Å²) in [5.74, 6) is 6.89. The molecular weight excluding hydrogens is 236 g/mol. The molecule has 0 saturated heterocycles. The maximum atomic E-state index is 12.2. The predicted octanol–water partition coefficient (Wildman–Crippen LogP) is 3.36. The highest BCUT2D eigenvalue weighted by molar-refractivity contribution is 5.77. The van der Waals surface area contributed by atoms with Gasteiger partial charge in [-0.15, -0.1) is 0 Å². The zero-order chi connectivity index (χ0) is 13.5. The average molecular weight is 262 g/mol. The van der Waals surface area contributed by atoms with Gasteiger partial charge in [-0.05, 0) is 73.5 Å². The Kier molecular flexibility index (Phi) is 2.29. The quantitative estimate of drug-likeness (QED) is 0.535. The molecule has 0 spiro atoms. The fraction of sp³-hybridized carbons (Fsp3) is 0.941. The van der Waals surface area contributed by atoms with Gasteiger partial charge in [0.2, 0.25) is 0 Å². The molecule has 19 heavy (non-hydrogen) atoms. The van der Waals surface area contributed by atoms with Gasteiger partial charge in [-0.3, -0.25) is 4.79 Å². The van der Waals surface area contributed by atoms with Crippen LogP contribution in [0.2, 0.25) is 0 Å². The largest absolute Gasteiger partial charge is 0.469 e. The van der Waals surface area contributed by atoms with E-state index < -0.39 is 0 Å². The summed E-state index contributed by atoms with van der Waals surface area (Å²) in [7, 11) is 1.56. The minimum Gasteiger partial charge on any atom is -0.469 e. The van der Waals surface area contributed by atoms with Crippen molar-refractivity contribution in [2.75, 3.05) is 7.11 Å². The van der Waals surface area contributed by atoms with E-state index in [4.69, 9.17) is 4.74 Å². The van der Waals surface area contributed by atoms with Crippen LogP contribution in [0.4, 0.5) is 0 Å². The first kappa shape index (κ1) is 12.2. The molecule has 0 N–H and O–H groups in total. The van der Waals surface area contributed by atoms with E-state index in [1.54, 1.807) is 7.11 Å². The summed E-state index contributed by atoms with van der Waals surface area (Å²) in [6.07, 6.45) is 3.84. The van der Waals surface area contributed by atoms with Gasteiger partial charge in [-0.2, -0.15) is 0 Å². The number of carbonyl (C=O) groups is 1. The number of fused-ring (bicyclic) bond motifs is 9. The monoisotopic (exact) mass is 262 g/mol. The number of methoxy groups -OCH3 is 1. The van der Waals surface area contributed by atoms with E-state index in [0.717, 1.165) is 47.8 Å². The minimum atomic E-state index is -0.173. The van der Waals surface area contributed by atoms with E-state index in [1.165, 1.54) is 12.8 Å². The van der Waals surface area contributed by atoms with Crippen molar-refractivity contribution in [3.05, 3.63) is 0 Å². The van der Waals surface area contributed by atoms with Crippen LogP contribution in [0.15, 0.2) is 0 Å². The van der Waals surface area contributed by atoms with E-state index >= 15 is 0 Å². The molecule has 9 atom stereocenters. The lowest BCUT2D eigenvalue weighted by molar-refractivity contribution is -0.158. The first-order chi connectivity index (χ1) is 8.99. The predicted molar refractivity (Wildman–Crippen MR) is 73.2 cm³/mol. The van der Waals surface area contributed by atoms with E-state index in [9.17, 15) is 4.79 Å². The van der Waals surface area contributed by atoms with Gasteiger partial charge in [0.1, 0.15) is 0 Å². The van der Waals surface area contributed by atoms with Crippen molar-refractivity contribution in [2.24, 2.45) is 52.8 Å². The maximum Gasteiger partial charge on any atom is 0.311 e. The van der Waals surface area contributed by atoms with Crippen molar-refractivity contribution < 1.29 is 9.53 Å². The molecule has 0 heterocycles. The number of esters is 1. The topological polar surface area (TPSA) is 26.3 Å². The molecule has 4 fully saturated rings. The zero-order valence-electron chi connectivity index (χ0n) is 12.6. The van der Waals surface area contributed by atoms with Crippen LogP contribution in [-0.2, 0) is 9.53 Å². The Morgan fingerprint density at radius 1 is 1.11 bits per heavy atom. The molecule has 4 saturated carbocycles. The van der Waals surface area contributed by atoms with Gasteiger partial charge in [0, 0.05) is 0 Å². The summed E-state index contributed by atoms with van der Waals surface area (Å²) in [4.78, 5) is 12.2. The van der Waals surface area contributed by atoms with Gasteiger partial charge in [0.15, 0.2) is 0 Å². The summed E-state index contributed by atoms with van der Waals surface area (Å²) in [5.41, 5.74) is -0.173. The molecule has 0 aromatic rings. The highest BCUT2D eigenvalue weighted by Gasteiger charge is 2.70. The Morgan fingerprint density at radius 3 is 2.37 bits per heavy atom. The van der Waals surface area contributed by atoms with E-state index in [0.29, 0.717) is 5.92 Å². The Bertz CT molecular complexity index is 431. The highest BCUT2D eigenvalue weighted by Crippen LogP contribution is 2.73. The van der Waals surface area contributed by atoms with Crippen LogP contribution in [0.1, 0.15) is 40.0 Å². The zero-order valence-corrected chi connectivity index (χ0v) is 12.6. The average Bonchev–Trinajstić information content (AvgIpc) is 3.08. The van der Waals surface area contributed by atoms with E-state index in [2.05, 4.69) is 20.8 Å². The van der Waals surface area contributed by atoms with Gasteiger partial charge >= 0.3 is 5.97 Å². The molecule has 4 aliphatic rings. The molecule has 2 heteroatoms. The lowest BCUT2D eigenvalue weighted by Gasteiger charge is -2.46. The molecule has 0 amide bonds. The third-order valence-electron chi connectivity index (χ3n) is 7.88. The Hall–Kier alpha value is -0.530. The molecule has 4 rings (SSSR count). The van der Waals surface area contributed by atoms with E-state index in [-0.39, 0.29) is 11.4 Å². The lowest BCUT2D eigenvalue weighted by atomic mass is 9.58. The minimum absolute atomic E-state index is 0.0573. The number of rotatable bonds is 1. The van der Waals surface area contributed by atoms with Crippen molar-refractivity contribution in [3.8, 4) is 0 Å². The van der Waals surface area contributed by atoms with Crippen molar-refractivity contribution in [1.82, 2.24) is 0 Å². The van der Waals surface area contributed by atoms with Crippen LogP contribution >= 0.6 is 0 Å². The first-order valence-electron chi connectivity index (χ1n) is 8.07. The molecule has 9 unspecified atom stereocenters. The molecule has 0 aliphatic heterocycles. The van der Waals surface area contributed by atoms with Gasteiger partial charge < -0.3 is 4.74 Å². The van der Waals surface area contributed by atoms with Crippen molar-refractivity contribution in [3.63, 3.8) is 0 Å². The van der Waals surface area contributed by atoms with Crippen LogP contribution in [-0.4, -0.2) is 13.1 Å². The van der Waals surface area contributed by atoms with Crippen molar-refractivity contribution in [1.29, 1.82) is 0 Å². The molecule has 106 valence electrons. The number of hydrogen-bond donors (Lipinski definition) is 0. The second kappa shape index (κ2) is 3.56. The normalized spacial score (nSPS) is 61.5. The summed E-state index contributed by atoms with van der Waals surface area (Å²) in [6.45, 7) is 7.10. The summed E-state index contributed by atoms with van der Waals surface area (Å²) in [5, 5.41) is 0. The van der Waals surface area contributed by atoms with Gasteiger partial charge in [0.25, 0.3) is 0 Å². The van der Waals surface area contributed by atoms with Gasteiger partial charge in [-0.25, -0.2) is 0 Å². The summed E-state index contributed by atoms with van der Waals surface area (Å²) in [6, 6.07) is 0. The van der Waals surface area contributed by atoms with Gasteiger partial charge in [-0.1, -0.05) is 13.8 Å². The first-order valence-corrected chi connectivity index (χ1v) is 8.07. The van der Waals surface area contributed by atoms with Gasteiger partial charge in [0.05, 0.1) is 12.5 Å². The summed E-state index contributed by atoms with van der Waals surface area (Å²) >= 11 is 0. The summed E-state index contributed by atoms with van der Waals surface area (Å²) < 4.78 is 5.13. The second-order valence-corrected chi connectivity index (χ2v) is 8.15. The SMILES string of the molecule is COC(=O)C1(C)CC2CC1C1C3CC(C(C)C3C)C21. The Balaban J connectivity index is 1.69. The molecule has 4 bridgehead atoms. The van der Waals surface area contributed by atoms with Crippen LogP contribution < -0.4 is 0 Å². The van der Waals surface area contributed by atoms with Crippen molar-refractivity contribution in [2.45, 2.75) is 40.0 Å². The molecule has 4 aliphatic carbocycles. The second-order valence-electron chi connectivity index (χ2n) is 8.15. The van der Waals surface area contributed by atoms with E-state index in [1.807, 2.05) is 0 Å². The molecule has 0 radical (unpaired) electrons. The smallest absolute Gasteiger partial charge is 0.311 e. The number of hydrogen-bond acceptors (Lipinski definition) is 2. The Labute approximate surface area is 116 Å². The Morgan fingerprint density at radius 2 is 1.74 bits per heavy atom. The van der Waals surface area contributed by atoms with Crippen LogP contribution in [0.5, 0.6) is 0 Å². The number of ether oxygens (including phenoxy) is 1. The van der Waals surface area contributed by atoms with Crippen LogP contribution in [0.25, 0.3) is 0 Å². The fourth-order valence-electron chi connectivity index (χ4n) is 7.05. The maximum absolute atomic E-state index is 12.2. The third kappa shape index (κ3) is 1.22. The number of carbonyl (C=O) groups excluding carboxylic acids is 1. The highest BCUT2D eigenvalue weighted by atomic mass is 16.5. The van der Waals surface area contributed by atoms with Crippen molar-refractivity contribution >= 4 is 5.97 Å². The molecule has 2 nitrogen and oxygen atoms in total. The molecule has 0 aromatic carbocycles. The fourth-order valence-corrected chi connectivity index (χ4v) is 7.05. The van der Waals surface area contributed by atoms with Crippen LogP contribution in [0.3, 0.4) is 0 Å². The molecular formula is C17H26O2.